The molecule has 2 aliphatic heterocycles. The number of para-hydroxylation sites is 2. The highest BCUT2D eigenvalue weighted by molar-refractivity contribution is 7.24. The number of likely N-dealkylation sites (tertiary alicyclic amines) is 2. The van der Waals surface area contributed by atoms with Crippen molar-refractivity contribution in [3.63, 3.8) is 0 Å². The van der Waals surface area contributed by atoms with Crippen molar-refractivity contribution in [1.29, 1.82) is 0 Å². The van der Waals surface area contributed by atoms with Crippen LogP contribution in [0.25, 0.3) is 52.2 Å². The Morgan fingerprint density at radius 1 is 0.705 bits per heavy atom. The van der Waals surface area contributed by atoms with E-state index < -0.39 is 5.97 Å². The van der Waals surface area contributed by atoms with Crippen molar-refractivity contribution < 1.29 is 14.3 Å². The number of carbonyl (C=O) groups is 2. The normalized spacial score (nSPS) is 14.5. The van der Waals surface area contributed by atoms with Crippen LogP contribution >= 0.6 is 45.9 Å². The summed E-state index contributed by atoms with van der Waals surface area (Å²) in [6.45, 7) is 9.84. The van der Waals surface area contributed by atoms with Gasteiger partial charge in [-0.25, -0.2) is 14.8 Å². The number of carbonyl (C=O) groups excluding carboxylic acids is 2. The summed E-state index contributed by atoms with van der Waals surface area (Å²) < 4.78 is 10.7. The fourth-order valence-electron chi connectivity index (χ4n) is 7.93. The van der Waals surface area contributed by atoms with Crippen LogP contribution in [0.2, 0.25) is 10.3 Å². The molecule has 13 nitrogen and oxygen atoms in total. The smallest absolute Gasteiger partial charge is 0.345 e. The fraction of sp³-hybridized carbons (Fsp3) is 0.318. The van der Waals surface area contributed by atoms with Crippen molar-refractivity contribution in [1.82, 2.24) is 33.9 Å². The Bertz CT molecular complexity index is 3040. The van der Waals surface area contributed by atoms with Crippen molar-refractivity contribution in [2.24, 2.45) is 5.73 Å². The summed E-state index contributed by atoms with van der Waals surface area (Å²) in [5.41, 5.74) is 7.55. The SMILES string of the molecule is CCOC(=O)c1c(=O)c2ccc(Cl)nc2n2c1sc1ccccc12.NCCN1CCCC1.O=C(NCCN1CCCC1)c1c(=O)c2ccc(Cl)nc2n2c1sc1ccccc12. The van der Waals surface area contributed by atoms with E-state index in [0.717, 1.165) is 53.2 Å². The second kappa shape index (κ2) is 18.9. The van der Waals surface area contributed by atoms with Gasteiger partial charge in [-0.2, -0.15) is 0 Å². The zero-order chi connectivity index (χ0) is 42.6. The molecule has 2 saturated heterocycles. The van der Waals surface area contributed by atoms with Gasteiger partial charge in [0.15, 0.2) is 11.3 Å². The minimum Gasteiger partial charge on any atom is -0.462 e. The summed E-state index contributed by atoms with van der Waals surface area (Å²) in [5, 5.41) is 4.27. The van der Waals surface area contributed by atoms with Crippen LogP contribution < -0.4 is 21.9 Å². The zero-order valence-electron chi connectivity index (χ0n) is 33.5. The van der Waals surface area contributed by atoms with Crippen molar-refractivity contribution in [2.45, 2.75) is 32.6 Å². The number of hydrogen-bond donors (Lipinski definition) is 2. The number of pyridine rings is 4. The summed E-state index contributed by atoms with van der Waals surface area (Å²) in [7, 11) is 0. The summed E-state index contributed by atoms with van der Waals surface area (Å²) in [6.07, 6.45) is 5.16. The maximum atomic E-state index is 13.2. The average Bonchev–Trinajstić information content (AvgIpc) is 4.09. The van der Waals surface area contributed by atoms with Gasteiger partial charge in [-0.15, -0.1) is 22.7 Å². The first-order valence-corrected chi connectivity index (χ1v) is 22.7. The first kappa shape index (κ1) is 42.7. The molecule has 3 N–H and O–H groups in total. The van der Waals surface area contributed by atoms with E-state index in [1.165, 1.54) is 61.4 Å². The number of nitrogens with zero attached hydrogens (tertiary/aromatic N) is 6. The van der Waals surface area contributed by atoms with Crippen LogP contribution in [0.5, 0.6) is 0 Å². The Morgan fingerprint density at radius 2 is 1.18 bits per heavy atom. The molecule has 2 aliphatic rings. The maximum Gasteiger partial charge on any atom is 0.345 e. The molecule has 2 fully saturated rings. The highest BCUT2D eigenvalue weighted by Gasteiger charge is 2.25. The third-order valence-corrected chi connectivity index (χ3v) is 13.5. The molecular weight excluding hydrogens is 856 g/mol. The van der Waals surface area contributed by atoms with Crippen molar-refractivity contribution in [3.8, 4) is 0 Å². The second-order valence-corrected chi connectivity index (χ2v) is 17.5. The van der Waals surface area contributed by atoms with Crippen LogP contribution in [0.3, 0.4) is 0 Å². The number of rotatable bonds is 8. The first-order valence-electron chi connectivity index (χ1n) is 20.3. The van der Waals surface area contributed by atoms with Gasteiger partial charge in [0.1, 0.15) is 31.1 Å². The molecule has 0 unspecified atom stereocenters. The molecule has 0 bridgehead atoms. The predicted octanol–water partition coefficient (Wildman–Crippen LogP) is 7.47. The highest BCUT2D eigenvalue weighted by Crippen LogP contribution is 2.32. The first-order chi connectivity index (χ1) is 29.7. The topological polar surface area (TPSA) is 157 Å². The van der Waals surface area contributed by atoms with Crippen LogP contribution in [-0.2, 0) is 4.74 Å². The number of amides is 1. The Labute approximate surface area is 368 Å². The average molecular weight is 900 g/mol. The molecule has 6 aromatic heterocycles. The van der Waals surface area contributed by atoms with Crippen LogP contribution in [0.15, 0.2) is 82.4 Å². The molecule has 10 rings (SSSR count). The number of thiazole rings is 2. The van der Waals surface area contributed by atoms with Crippen LogP contribution in [-0.4, -0.2) is 99.4 Å². The van der Waals surface area contributed by atoms with Crippen molar-refractivity contribution in [2.75, 3.05) is 59.0 Å². The van der Waals surface area contributed by atoms with Crippen LogP contribution in [0.4, 0.5) is 0 Å². The molecule has 316 valence electrons. The van der Waals surface area contributed by atoms with Gasteiger partial charge in [0.25, 0.3) is 5.91 Å². The number of esters is 1. The third kappa shape index (κ3) is 8.73. The minimum atomic E-state index is -0.622. The van der Waals surface area contributed by atoms with Gasteiger partial charge in [0.05, 0.1) is 37.8 Å². The zero-order valence-corrected chi connectivity index (χ0v) is 36.6. The summed E-state index contributed by atoms with van der Waals surface area (Å²) in [6, 6.07) is 21.8. The number of fused-ring (bicyclic) bond motifs is 10. The predicted molar refractivity (Wildman–Crippen MR) is 247 cm³/mol. The molecule has 0 atom stereocenters. The van der Waals surface area contributed by atoms with Gasteiger partial charge < -0.3 is 25.6 Å². The largest absolute Gasteiger partial charge is 0.462 e. The molecular formula is C44H44Cl2N8O5S2. The van der Waals surface area contributed by atoms with E-state index in [0.29, 0.717) is 43.4 Å². The second-order valence-electron chi connectivity index (χ2n) is 14.7. The molecule has 17 heteroatoms. The Morgan fingerprint density at radius 3 is 1.69 bits per heavy atom. The molecule has 0 saturated carbocycles. The fourth-order valence-corrected chi connectivity index (χ4v) is 10.6. The lowest BCUT2D eigenvalue weighted by Gasteiger charge is -2.15. The molecule has 2 aromatic carbocycles. The van der Waals surface area contributed by atoms with Gasteiger partial charge in [-0.1, -0.05) is 47.5 Å². The quantitative estimate of drug-likeness (QED) is 0.116. The van der Waals surface area contributed by atoms with Gasteiger partial charge in [0, 0.05) is 26.2 Å². The number of halogens is 2. The van der Waals surface area contributed by atoms with Gasteiger partial charge in [-0.05, 0) is 107 Å². The molecule has 0 aliphatic carbocycles. The number of nitrogens with two attached hydrogens (primary N) is 1. The number of aromatic nitrogens is 4. The molecule has 8 aromatic rings. The number of ether oxygens (including phenoxy) is 1. The summed E-state index contributed by atoms with van der Waals surface area (Å²) in [5.74, 6) is -0.960. The molecule has 0 spiro atoms. The highest BCUT2D eigenvalue weighted by atomic mass is 35.5. The van der Waals surface area contributed by atoms with E-state index in [1.807, 2.05) is 52.9 Å². The summed E-state index contributed by atoms with van der Waals surface area (Å²) in [4.78, 5) is 66.1. The van der Waals surface area contributed by atoms with Gasteiger partial charge in [-0.3, -0.25) is 23.2 Å². The third-order valence-electron chi connectivity index (χ3n) is 10.8. The number of hydrogen-bond acceptors (Lipinski definition) is 12. The van der Waals surface area contributed by atoms with Gasteiger partial charge >= 0.3 is 5.97 Å². The van der Waals surface area contributed by atoms with E-state index in [4.69, 9.17) is 33.7 Å². The van der Waals surface area contributed by atoms with E-state index in [2.05, 4.69) is 25.1 Å². The van der Waals surface area contributed by atoms with E-state index in [9.17, 15) is 19.2 Å². The van der Waals surface area contributed by atoms with Gasteiger partial charge in [0.2, 0.25) is 10.9 Å². The van der Waals surface area contributed by atoms with Crippen LogP contribution in [0, 0.1) is 0 Å². The molecule has 8 heterocycles. The van der Waals surface area contributed by atoms with E-state index in [-0.39, 0.29) is 39.7 Å². The standard InChI is InChI=1S/C21H19ClN4O2S.C17H11ClN2O3S.C6H14N2/c22-16-8-7-13-18(27)17(20(28)23-9-12-25-10-3-4-11-25)21-26(19(13)24-16)14-5-1-2-6-15(14)29-21;1-2-23-17(22)13-14(21)9-7-8-12(18)19-15(9)20-10-5-3-4-6-11(10)24-16(13)20;7-3-6-8-4-1-2-5-8/h1-2,5-8H,3-4,9-12H2,(H,23,28);3-8H,2H2,1H3;1-7H2. The summed E-state index contributed by atoms with van der Waals surface area (Å²) >= 11 is 14.9. The Kier molecular flexibility index (Phi) is 13.3. The lowest BCUT2D eigenvalue weighted by molar-refractivity contribution is 0.0527. The molecule has 1 amide bonds. The Balaban J connectivity index is 0.000000144. The van der Waals surface area contributed by atoms with E-state index >= 15 is 0 Å². The van der Waals surface area contributed by atoms with E-state index in [1.54, 1.807) is 35.6 Å². The van der Waals surface area contributed by atoms with Crippen molar-refractivity contribution in [3.05, 3.63) is 115 Å². The number of nitrogens with one attached hydrogen (secondary N) is 1. The Hall–Kier alpha value is -5.00. The molecule has 61 heavy (non-hydrogen) atoms. The minimum absolute atomic E-state index is 0.0367. The van der Waals surface area contributed by atoms with Crippen molar-refractivity contribution >= 4 is 110 Å². The lowest BCUT2D eigenvalue weighted by atomic mass is 10.1. The lowest BCUT2D eigenvalue weighted by Crippen LogP contribution is -2.35. The monoisotopic (exact) mass is 898 g/mol. The maximum absolute atomic E-state index is 13.2. The number of benzene rings is 2. The molecule has 0 radical (unpaired) electrons. The van der Waals surface area contributed by atoms with Crippen LogP contribution in [0.1, 0.15) is 53.3 Å².